The van der Waals surface area contributed by atoms with Gasteiger partial charge in [-0.2, -0.15) is 0 Å². The Kier molecular flexibility index (Phi) is 7.75. The number of hydrogen-bond acceptors (Lipinski definition) is 5. The molecule has 4 N–H and O–H groups in total. The summed E-state index contributed by atoms with van der Waals surface area (Å²) in [4.78, 5) is 11.1. The number of nitrogens with two attached hydrogens (primary N) is 1. The third-order valence-corrected chi connectivity index (χ3v) is 7.50. The lowest BCUT2D eigenvalue weighted by Gasteiger charge is -2.32. The Bertz CT molecular complexity index is 962. The average Bonchev–Trinajstić information content (AvgIpc) is 2.60. The van der Waals surface area contributed by atoms with E-state index >= 15 is 0 Å². The number of sulfone groups is 1. The first kappa shape index (κ1) is 24.0. The molecule has 0 bridgehead atoms. The van der Waals surface area contributed by atoms with Crippen LogP contribution in [-0.2, 0) is 21.1 Å². The van der Waals surface area contributed by atoms with Crippen molar-refractivity contribution in [2.45, 2.75) is 70.1 Å². The topological polar surface area (TPSA) is 118 Å². The fourth-order valence-electron chi connectivity index (χ4n) is 4.30. The summed E-state index contributed by atoms with van der Waals surface area (Å²) in [6.45, 7) is 9.94. The highest BCUT2D eigenvalue weighted by Crippen LogP contribution is 2.49. The summed E-state index contributed by atoms with van der Waals surface area (Å²) in [7, 11) is -4.17. The van der Waals surface area contributed by atoms with Gasteiger partial charge in [-0.1, -0.05) is 43.6 Å². The SMILES string of the molecule is C=C(C)C1CCC(C)=CC1c1c(O)cc(CCCCC)c(S(=O)(=O)CC(N)=O)c1O. The minimum absolute atomic E-state index is 0.0388. The first-order valence-corrected chi connectivity index (χ1v) is 12.1. The number of phenols is 2. The lowest BCUT2D eigenvalue weighted by Crippen LogP contribution is -2.24. The highest BCUT2D eigenvalue weighted by atomic mass is 32.2. The normalized spacial score (nSPS) is 19.4. The second kappa shape index (κ2) is 9.69. The zero-order valence-electron chi connectivity index (χ0n) is 18.1. The third-order valence-electron chi connectivity index (χ3n) is 5.76. The molecule has 1 aliphatic carbocycles. The van der Waals surface area contributed by atoms with Crippen LogP contribution in [-0.4, -0.2) is 30.3 Å². The number of carbonyl (C=O) groups excluding carboxylic acids is 1. The van der Waals surface area contributed by atoms with E-state index in [1.807, 2.05) is 26.8 Å². The van der Waals surface area contributed by atoms with Crippen molar-refractivity contribution in [3.05, 3.63) is 41.0 Å². The standard InChI is InChI=1S/C23H33NO5S/c1-5-6-7-8-16-12-19(25)21(18-11-15(4)9-10-17(18)14(2)3)22(27)23(16)30(28,29)13-20(24)26/h11-12,17-18,25,27H,2,5-10,13H2,1,3-4H3,(H2,24,26). The maximum atomic E-state index is 13.0. The molecule has 1 amide bonds. The number of primary amides is 1. The molecule has 2 unspecified atom stereocenters. The minimum atomic E-state index is -4.17. The van der Waals surface area contributed by atoms with Gasteiger partial charge in [-0.25, -0.2) is 8.42 Å². The summed E-state index contributed by atoms with van der Waals surface area (Å²) in [6.07, 6.45) is 6.50. The van der Waals surface area contributed by atoms with Gasteiger partial charge in [0.2, 0.25) is 5.91 Å². The van der Waals surface area contributed by atoms with Gasteiger partial charge in [0.1, 0.15) is 22.1 Å². The molecule has 0 fully saturated rings. The summed E-state index contributed by atoms with van der Waals surface area (Å²) < 4.78 is 25.9. The highest BCUT2D eigenvalue weighted by molar-refractivity contribution is 7.92. The maximum Gasteiger partial charge on any atom is 0.233 e. The summed E-state index contributed by atoms with van der Waals surface area (Å²) in [5.41, 5.74) is 7.64. The van der Waals surface area contributed by atoms with Crippen molar-refractivity contribution in [1.29, 1.82) is 0 Å². The summed E-state index contributed by atoms with van der Waals surface area (Å²) in [5, 5.41) is 22.0. The second-order valence-corrected chi connectivity index (χ2v) is 10.3. The number of benzene rings is 1. The van der Waals surface area contributed by atoms with Crippen molar-refractivity contribution < 1.29 is 23.4 Å². The van der Waals surface area contributed by atoms with Crippen molar-refractivity contribution in [1.82, 2.24) is 0 Å². The Balaban J connectivity index is 2.74. The lowest BCUT2D eigenvalue weighted by atomic mass is 9.73. The van der Waals surface area contributed by atoms with Crippen LogP contribution in [0.5, 0.6) is 11.5 Å². The van der Waals surface area contributed by atoms with E-state index in [0.717, 1.165) is 36.8 Å². The van der Waals surface area contributed by atoms with Crippen LogP contribution in [0.15, 0.2) is 34.8 Å². The molecule has 0 saturated carbocycles. The predicted molar refractivity (Wildman–Crippen MR) is 118 cm³/mol. The smallest absolute Gasteiger partial charge is 0.233 e. The molecule has 1 aliphatic rings. The van der Waals surface area contributed by atoms with E-state index in [2.05, 4.69) is 6.58 Å². The van der Waals surface area contributed by atoms with E-state index in [9.17, 15) is 23.4 Å². The maximum absolute atomic E-state index is 13.0. The summed E-state index contributed by atoms with van der Waals surface area (Å²) in [5.74, 6) is -2.94. The molecule has 1 aromatic rings. The van der Waals surface area contributed by atoms with Crippen molar-refractivity contribution in [2.24, 2.45) is 11.7 Å². The van der Waals surface area contributed by atoms with Crippen LogP contribution in [0.1, 0.15) is 69.9 Å². The van der Waals surface area contributed by atoms with E-state index in [4.69, 9.17) is 5.73 Å². The number of hydrogen-bond donors (Lipinski definition) is 3. The third kappa shape index (κ3) is 5.25. The van der Waals surface area contributed by atoms with Gasteiger partial charge in [-0.15, -0.1) is 0 Å². The molecule has 1 aromatic carbocycles. The molecule has 6 nitrogen and oxygen atoms in total. The molecule has 7 heteroatoms. The van der Waals surface area contributed by atoms with Gasteiger partial charge < -0.3 is 15.9 Å². The number of rotatable bonds is 9. The summed E-state index contributed by atoms with van der Waals surface area (Å²) >= 11 is 0. The molecule has 0 spiro atoms. The Morgan fingerprint density at radius 3 is 2.53 bits per heavy atom. The van der Waals surface area contributed by atoms with Gasteiger partial charge in [0, 0.05) is 11.5 Å². The molecule has 0 heterocycles. The van der Waals surface area contributed by atoms with Crippen LogP contribution in [0.3, 0.4) is 0 Å². The Hall–Kier alpha value is -2.28. The highest BCUT2D eigenvalue weighted by Gasteiger charge is 2.35. The lowest BCUT2D eigenvalue weighted by molar-refractivity contribution is -0.115. The first-order chi connectivity index (χ1) is 14.0. The van der Waals surface area contributed by atoms with Gasteiger partial charge in [0.25, 0.3) is 0 Å². The minimum Gasteiger partial charge on any atom is -0.507 e. The molecule has 2 rings (SSSR count). The van der Waals surface area contributed by atoms with Gasteiger partial charge in [0.05, 0.1) is 0 Å². The van der Waals surface area contributed by atoms with Gasteiger partial charge in [0.15, 0.2) is 9.84 Å². The predicted octanol–water partition coefficient (Wildman–Crippen LogP) is 4.11. The van der Waals surface area contributed by atoms with E-state index in [0.29, 0.717) is 18.4 Å². The van der Waals surface area contributed by atoms with E-state index in [-0.39, 0.29) is 22.1 Å². The Morgan fingerprint density at radius 2 is 1.97 bits per heavy atom. The van der Waals surface area contributed by atoms with Crippen LogP contribution in [0.2, 0.25) is 0 Å². The largest absolute Gasteiger partial charge is 0.507 e. The molecule has 0 saturated heterocycles. The van der Waals surface area contributed by atoms with E-state index in [1.54, 1.807) is 0 Å². The molecule has 0 aliphatic heterocycles. The molecule has 0 aromatic heterocycles. The second-order valence-electron chi connectivity index (χ2n) is 8.36. The molecular formula is C23H33NO5S. The van der Waals surface area contributed by atoms with Crippen LogP contribution in [0.4, 0.5) is 0 Å². The molecule has 0 radical (unpaired) electrons. The quantitative estimate of drug-likeness (QED) is 0.399. The Labute approximate surface area is 179 Å². The number of phenolic OH excluding ortho intramolecular Hbond substituents is 2. The van der Waals surface area contributed by atoms with Crippen LogP contribution in [0.25, 0.3) is 0 Å². The van der Waals surface area contributed by atoms with Crippen molar-refractivity contribution in [3.63, 3.8) is 0 Å². The number of unbranched alkanes of at least 4 members (excludes halogenated alkanes) is 2. The Morgan fingerprint density at radius 1 is 1.30 bits per heavy atom. The average molecular weight is 436 g/mol. The first-order valence-electron chi connectivity index (χ1n) is 10.4. The number of carbonyl (C=O) groups is 1. The van der Waals surface area contributed by atoms with E-state index in [1.165, 1.54) is 6.07 Å². The van der Waals surface area contributed by atoms with E-state index < -0.39 is 33.2 Å². The molecule has 2 atom stereocenters. The van der Waals surface area contributed by atoms with Crippen molar-refractivity contribution >= 4 is 15.7 Å². The van der Waals surface area contributed by atoms with Crippen molar-refractivity contribution in [2.75, 3.05) is 5.75 Å². The fourth-order valence-corrected chi connectivity index (χ4v) is 5.78. The molecular weight excluding hydrogens is 402 g/mol. The monoisotopic (exact) mass is 435 g/mol. The fraction of sp³-hybridized carbons (Fsp3) is 0.522. The van der Waals surface area contributed by atoms with Gasteiger partial charge in [-0.3, -0.25) is 4.79 Å². The van der Waals surface area contributed by atoms with Crippen LogP contribution in [0, 0.1) is 5.92 Å². The number of amides is 1. The molecule has 166 valence electrons. The molecule has 30 heavy (non-hydrogen) atoms. The van der Waals surface area contributed by atoms with Crippen LogP contribution < -0.4 is 5.73 Å². The van der Waals surface area contributed by atoms with Crippen LogP contribution >= 0.6 is 0 Å². The number of allylic oxidation sites excluding steroid dienone is 3. The van der Waals surface area contributed by atoms with Gasteiger partial charge >= 0.3 is 0 Å². The number of aryl methyl sites for hydroxylation is 1. The zero-order chi connectivity index (χ0) is 22.6. The van der Waals surface area contributed by atoms with Crippen molar-refractivity contribution in [3.8, 4) is 11.5 Å². The zero-order valence-corrected chi connectivity index (χ0v) is 18.9. The summed E-state index contributed by atoms with van der Waals surface area (Å²) in [6, 6.07) is 1.42. The van der Waals surface area contributed by atoms with Gasteiger partial charge in [-0.05, 0) is 57.1 Å². The number of aromatic hydroxyl groups is 2.